The van der Waals surface area contributed by atoms with Crippen molar-refractivity contribution < 1.29 is 13.8 Å². The van der Waals surface area contributed by atoms with E-state index in [2.05, 4.69) is 15.6 Å². The van der Waals surface area contributed by atoms with Crippen molar-refractivity contribution in [1.29, 1.82) is 0 Å². The number of benzene rings is 2. The average Bonchev–Trinajstić information content (AvgIpc) is 3.40. The minimum atomic E-state index is -1.23. The van der Waals surface area contributed by atoms with Crippen LogP contribution in [0.4, 0.5) is 0 Å². The zero-order valence-electron chi connectivity index (χ0n) is 18.7. The number of aldehydes is 1. The Hall–Kier alpha value is -1.95. The fourth-order valence-electron chi connectivity index (χ4n) is 3.09. The van der Waals surface area contributed by atoms with Crippen LogP contribution in [0.1, 0.15) is 27.2 Å². The average molecular weight is 534 g/mol. The van der Waals surface area contributed by atoms with E-state index in [-0.39, 0.29) is 5.91 Å². The SMILES string of the molecule is CSCC[C@H](C=O)NNC(=O)c1ccc(CSS(=O)NCc2cccs2)cc1-c1ccccc1. The second-order valence-electron chi connectivity index (χ2n) is 7.27. The second kappa shape index (κ2) is 14.4. The number of hydrogen-bond acceptors (Lipinski definition) is 7. The molecule has 0 aliphatic heterocycles. The molecular formula is C24H27N3O3S4. The lowest BCUT2D eigenvalue weighted by Crippen LogP contribution is -2.45. The topological polar surface area (TPSA) is 87.3 Å². The van der Waals surface area contributed by atoms with Gasteiger partial charge in [0.1, 0.15) is 6.29 Å². The van der Waals surface area contributed by atoms with Crippen LogP contribution < -0.4 is 15.6 Å². The summed E-state index contributed by atoms with van der Waals surface area (Å²) >= 11 is 3.27. The van der Waals surface area contributed by atoms with Crippen LogP contribution in [0.25, 0.3) is 11.1 Å². The molecule has 1 amide bonds. The lowest BCUT2D eigenvalue weighted by Gasteiger charge is -2.16. The van der Waals surface area contributed by atoms with E-state index < -0.39 is 16.1 Å². The summed E-state index contributed by atoms with van der Waals surface area (Å²) in [5, 5.41) is 1.99. The van der Waals surface area contributed by atoms with Gasteiger partial charge in [0.15, 0.2) is 10.0 Å². The van der Waals surface area contributed by atoms with E-state index in [0.717, 1.165) is 33.6 Å². The van der Waals surface area contributed by atoms with Crippen molar-refractivity contribution in [2.24, 2.45) is 0 Å². The highest BCUT2D eigenvalue weighted by molar-refractivity contribution is 8.68. The fraction of sp³-hybridized carbons (Fsp3) is 0.250. The summed E-state index contributed by atoms with van der Waals surface area (Å²) in [7, 11) is 0.0726. The normalized spacial score (nSPS) is 12.7. The van der Waals surface area contributed by atoms with Crippen LogP contribution >= 0.6 is 33.9 Å². The molecule has 3 rings (SSSR count). The summed E-state index contributed by atoms with van der Waals surface area (Å²) in [6.07, 6.45) is 3.41. The predicted molar refractivity (Wildman–Crippen MR) is 146 cm³/mol. The fourth-order valence-corrected chi connectivity index (χ4v) is 6.25. The van der Waals surface area contributed by atoms with E-state index in [0.29, 0.717) is 24.3 Å². The standard InChI is InChI=1S/C24H27N3O3S4/c1-31-13-11-20(16-28)26-27-24(29)22-10-9-18(14-23(22)19-6-3-2-4-7-19)17-33-34(30)25-15-21-8-5-12-32-21/h2-10,12,14,16,20,25-26H,11,13,15,17H2,1H3,(H,27,29)/t20-,34?/m1/s1. The molecule has 180 valence electrons. The first-order valence-electron chi connectivity index (χ1n) is 10.6. The molecule has 0 saturated carbocycles. The first kappa shape index (κ1) is 26.7. The Balaban J connectivity index is 1.68. The van der Waals surface area contributed by atoms with Gasteiger partial charge >= 0.3 is 0 Å². The zero-order chi connectivity index (χ0) is 24.2. The van der Waals surface area contributed by atoms with Crippen molar-refractivity contribution in [3.63, 3.8) is 0 Å². The number of hydrazine groups is 1. The Morgan fingerprint density at radius 2 is 1.97 bits per heavy atom. The highest BCUT2D eigenvalue weighted by Crippen LogP contribution is 2.27. The highest BCUT2D eigenvalue weighted by atomic mass is 33.1. The van der Waals surface area contributed by atoms with Crippen molar-refractivity contribution in [2.75, 3.05) is 12.0 Å². The molecule has 2 atom stereocenters. The summed E-state index contributed by atoms with van der Waals surface area (Å²) in [5.41, 5.74) is 8.66. The van der Waals surface area contributed by atoms with Crippen LogP contribution in [-0.4, -0.2) is 34.5 Å². The molecule has 2 aromatic carbocycles. The molecule has 0 aliphatic rings. The third-order valence-electron chi connectivity index (χ3n) is 4.86. The molecule has 1 heterocycles. The van der Waals surface area contributed by atoms with Crippen LogP contribution in [0.15, 0.2) is 66.0 Å². The Bertz CT molecular complexity index is 1080. The molecule has 0 bridgehead atoms. The molecule has 1 aromatic heterocycles. The molecule has 10 heteroatoms. The minimum Gasteiger partial charge on any atom is -0.302 e. The molecule has 3 N–H and O–H groups in total. The van der Waals surface area contributed by atoms with Crippen LogP contribution in [-0.2, 0) is 27.1 Å². The highest BCUT2D eigenvalue weighted by Gasteiger charge is 2.16. The van der Waals surface area contributed by atoms with Gasteiger partial charge in [0, 0.05) is 22.7 Å². The van der Waals surface area contributed by atoms with Crippen molar-refractivity contribution in [3.05, 3.63) is 82.0 Å². The second-order valence-corrected chi connectivity index (χ2v) is 12.2. The molecule has 0 saturated heterocycles. The van der Waals surface area contributed by atoms with Crippen molar-refractivity contribution in [3.8, 4) is 11.1 Å². The van der Waals surface area contributed by atoms with Gasteiger partial charge in [-0.1, -0.05) is 42.5 Å². The third kappa shape index (κ3) is 8.37. The lowest BCUT2D eigenvalue weighted by atomic mass is 9.97. The van der Waals surface area contributed by atoms with Crippen molar-refractivity contribution >= 4 is 56.1 Å². The number of rotatable bonds is 14. The molecule has 0 spiro atoms. The Morgan fingerprint density at radius 1 is 1.15 bits per heavy atom. The molecule has 6 nitrogen and oxygen atoms in total. The van der Waals surface area contributed by atoms with Crippen LogP contribution in [0.5, 0.6) is 0 Å². The Morgan fingerprint density at radius 3 is 2.68 bits per heavy atom. The number of thiophene rings is 1. The first-order chi connectivity index (χ1) is 16.6. The Kier molecular flexibility index (Phi) is 11.3. The van der Waals surface area contributed by atoms with Gasteiger partial charge < -0.3 is 4.79 Å². The van der Waals surface area contributed by atoms with Gasteiger partial charge in [-0.05, 0) is 69.5 Å². The summed E-state index contributed by atoms with van der Waals surface area (Å²) in [4.78, 5) is 25.4. The quantitative estimate of drug-likeness (QED) is 0.160. The minimum absolute atomic E-state index is 0.310. The van der Waals surface area contributed by atoms with E-state index in [4.69, 9.17) is 0 Å². The van der Waals surface area contributed by atoms with E-state index in [9.17, 15) is 13.8 Å². The smallest absolute Gasteiger partial charge is 0.266 e. The summed E-state index contributed by atoms with van der Waals surface area (Å²) in [6, 6.07) is 18.8. The van der Waals surface area contributed by atoms with Gasteiger partial charge in [0.25, 0.3) is 5.91 Å². The van der Waals surface area contributed by atoms with E-state index in [1.165, 1.54) is 10.8 Å². The largest absolute Gasteiger partial charge is 0.302 e. The van der Waals surface area contributed by atoms with Gasteiger partial charge in [0.2, 0.25) is 0 Å². The maximum Gasteiger partial charge on any atom is 0.266 e. The summed E-state index contributed by atoms with van der Waals surface area (Å²) in [5.74, 6) is 1.04. The number of hydrogen-bond donors (Lipinski definition) is 3. The van der Waals surface area contributed by atoms with Crippen molar-refractivity contribution in [1.82, 2.24) is 15.6 Å². The number of nitrogens with one attached hydrogen (secondary N) is 3. The number of amides is 1. The summed E-state index contributed by atoms with van der Waals surface area (Å²) < 4.78 is 15.4. The van der Waals surface area contributed by atoms with Gasteiger partial charge in [-0.25, -0.2) is 14.4 Å². The maximum absolute atomic E-state index is 13.0. The van der Waals surface area contributed by atoms with Gasteiger partial charge in [-0.2, -0.15) is 11.8 Å². The van der Waals surface area contributed by atoms with E-state index >= 15 is 0 Å². The molecule has 0 fully saturated rings. The Labute approximate surface area is 214 Å². The van der Waals surface area contributed by atoms with Gasteiger partial charge in [-0.15, -0.1) is 11.3 Å². The van der Waals surface area contributed by atoms with Crippen LogP contribution in [0, 0.1) is 0 Å². The first-order valence-corrected chi connectivity index (χ1v) is 15.5. The number of carbonyl (C=O) groups is 2. The molecule has 3 aromatic rings. The van der Waals surface area contributed by atoms with Crippen LogP contribution in [0.3, 0.4) is 0 Å². The third-order valence-corrected chi connectivity index (χ3v) is 8.77. The van der Waals surface area contributed by atoms with Crippen molar-refractivity contribution in [2.45, 2.75) is 24.8 Å². The van der Waals surface area contributed by atoms with Gasteiger partial charge in [-0.3, -0.25) is 10.2 Å². The summed E-state index contributed by atoms with van der Waals surface area (Å²) in [6.45, 7) is 0.567. The predicted octanol–water partition coefficient (Wildman–Crippen LogP) is 4.57. The monoisotopic (exact) mass is 533 g/mol. The van der Waals surface area contributed by atoms with E-state index in [1.54, 1.807) is 29.2 Å². The van der Waals surface area contributed by atoms with Crippen LogP contribution in [0.2, 0.25) is 0 Å². The van der Waals surface area contributed by atoms with E-state index in [1.807, 2.05) is 66.2 Å². The maximum atomic E-state index is 13.0. The molecule has 1 unspecified atom stereocenters. The number of thioether (sulfide) groups is 1. The van der Waals surface area contributed by atoms with Gasteiger partial charge in [0.05, 0.1) is 6.04 Å². The molecule has 0 aliphatic carbocycles. The molecular weight excluding hydrogens is 507 g/mol. The molecule has 34 heavy (non-hydrogen) atoms. The number of carbonyl (C=O) groups excluding carboxylic acids is 2. The lowest BCUT2D eigenvalue weighted by molar-refractivity contribution is -0.109. The zero-order valence-corrected chi connectivity index (χ0v) is 22.0. The molecule has 0 radical (unpaired) electrons.